The minimum atomic E-state index is -0.315. The van der Waals surface area contributed by atoms with Crippen LogP contribution in [-0.4, -0.2) is 22.5 Å². The van der Waals surface area contributed by atoms with Crippen LogP contribution in [0.15, 0.2) is 24.5 Å². The second kappa shape index (κ2) is 5.05. The average molecular weight is 248 g/mol. The van der Waals surface area contributed by atoms with Gasteiger partial charge in [0.15, 0.2) is 0 Å². The molecule has 2 aromatic heterocycles. The predicted octanol–water partition coefficient (Wildman–Crippen LogP) is 2.69. The summed E-state index contributed by atoms with van der Waals surface area (Å²) in [4.78, 5) is 20.7. The quantitative estimate of drug-likeness (QED) is 0.784. The summed E-state index contributed by atoms with van der Waals surface area (Å²) in [5.74, 6) is -0.315. The fourth-order valence-corrected chi connectivity index (χ4v) is 2.30. The van der Waals surface area contributed by atoms with E-state index in [0.29, 0.717) is 17.2 Å². The Morgan fingerprint density at radius 2 is 2.12 bits per heavy atom. The van der Waals surface area contributed by atoms with E-state index in [4.69, 9.17) is 4.74 Å². The maximum atomic E-state index is 11.8. The molecule has 0 unspecified atom stereocenters. The molecular formula is C12H12N2O2S. The molecule has 2 heterocycles. The van der Waals surface area contributed by atoms with Crippen molar-refractivity contribution in [1.29, 1.82) is 0 Å². The first kappa shape index (κ1) is 11.7. The number of aromatic nitrogens is 2. The Kier molecular flexibility index (Phi) is 3.49. The first-order chi connectivity index (χ1) is 8.22. The van der Waals surface area contributed by atoms with E-state index < -0.39 is 0 Å². The van der Waals surface area contributed by atoms with Crippen molar-refractivity contribution in [2.45, 2.75) is 13.8 Å². The highest BCUT2D eigenvalue weighted by atomic mass is 32.1. The molecule has 0 amide bonds. The van der Waals surface area contributed by atoms with E-state index in [-0.39, 0.29) is 5.97 Å². The van der Waals surface area contributed by atoms with Gasteiger partial charge in [0.25, 0.3) is 0 Å². The molecule has 0 atom stereocenters. The molecule has 0 radical (unpaired) electrons. The molecule has 0 aromatic carbocycles. The number of nitrogens with zero attached hydrogens (tertiary/aromatic N) is 2. The Bertz CT molecular complexity index is 523. The van der Waals surface area contributed by atoms with E-state index in [1.54, 1.807) is 19.3 Å². The molecule has 2 rings (SSSR count). The van der Waals surface area contributed by atoms with Crippen molar-refractivity contribution in [3.63, 3.8) is 0 Å². The lowest BCUT2D eigenvalue weighted by Gasteiger charge is -2.01. The van der Waals surface area contributed by atoms with Crippen LogP contribution in [0.5, 0.6) is 0 Å². The van der Waals surface area contributed by atoms with E-state index in [1.165, 1.54) is 11.3 Å². The smallest absolute Gasteiger partial charge is 0.350 e. The SMILES string of the molecule is CCOC(=O)c1sc(C)nc1-c1ccncc1. The van der Waals surface area contributed by atoms with E-state index in [2.05, 4.69) is 9.97 Å². The molecular weight excluding hydrogens is 236 g/mol. The lowest BCUT2D eigenvalue weighted by atomic mass is 10.2. The van der Waals surface area contributed by atoms with Crippen LogP contribution >= 0.6 is 11.3 Å². The van der Waals surface area contributed by atoms with Crippen LogP contribution in [0.2, 0.25) is 0 Å². The monoisotopic (exact) mass is 248 g/mol. The Labute approximate surface area is 103 Å². The van der Waals surface area contributed by atoms with Crippen LogP contribution in [0.25, 0.3) is 11.3 Å². The summed E-state index contributed by atoms with van der Waals surface area (Å²) < 4.78 is 5.02. The Morgan fingerprint density at radius 1 is 1.41 bits per heavy atom. The number of rotatable bonds is 3. The van der Waals surface area contributed by atoms with Crippen molar-refractivity contribution >= 4 is 17.3 Å². The highest BCUT2D eigenvalue weighted by Crippen LogP contribution is 2.28. The molecule has 0 aliphatic heterocycles. The normalized spacial score (nSPS) is 10.2. The first-order valence-corrected chi connectivity index (χ1v) is 6.09. The number of ether oxygens (including phenoxy) is 1. The van der Waals surface area contributed by atoms with Gasteiger partial charge in [0, 0.05) is 18.0 Å². The molecule has 0 bridgehead atoms. The third-order valence-electron chi connectivity index (χ3n) is 2.15. The second-order valence-electron chi connectivity index (χ2n) is 3.37. The van der Waals surface area contributed by atoms with Crippen LogP contribution in [0.1, 0.15) is 21.6 Å². The van der Waals surface area contributed by atoms with Gasteiger partial charge in [0.05, 0.1) is 17.3 Å². The number of carbonyl (C=O) groups is 1. The van der Waals surface area contributed by atoms with Gasteiger partial charge in [-0.2, -0.15) is 0 Å². The topological polar surface area (TPSA) is 52.1 Å². The van der Waals surface area contributed by atoms with Crippen molar-refractivity contribution in [2.24, 2.45) is 0 Å². The summed E-state index contributed by atoms with van der Waals surface area (Å²) in [6.45, 7) is 4.03. The number of esters is 1. The standard InChI is InChI=1S/C12H12N2O2S/c1-3-16-12(15)11-10(14-8(2)17-11)9-4-6-13-7-5-9/h4-7H,3H2,1-2H3. The number of hydrogen-bond donors (Lipinski definition) is 0. The Hall–Kier alpha value is -1.75. The van der Waals surface area contributed by atoms with Crippen LogP contribution in [0.4, 0.5) is 0 Å². The summed E-state index contributed by atoms with van der Waals surface area (Å²) in [6.07, 6.45) is 3.36. The number of pyridine rings is 1. The first-order valence-electron chi connectivity index (χ1n) is 5.27. The van der Waals surface area contributed by atoms with Crippen molar-refractivity contribution in [3.8, 4) is 11.3 Å². The molecule has 4 nitrogen and oxygen atoms in total. The molecule has 0 saturated carbocycles. The van der Waals surface area contributed by atoms with Crippen LogP contribution in [0.3, 0.4) is 0 Å². The van der Waals surface area contributed by atoms with Gasteiger partial charge < -0.3 is 4.74 Å². The van der Waals surface area contributed by atoms with Gasteiger partial charge in [-0.15, -0.1) is 11.3 Å². The summed E-state index contributed by atoms with van der Waals surface area (Å²) in [6, 6.07) is 3.66. The number of carbonyl (C=O) groups excluding carboxylic acids is 1. The van der Waals surface area contributed by atoms with E-state index in [0.717, 1.165) is 10.6 Å². The molecule has 5 heteroatoms. The fraction of sp³-hybridized carbons (Fsp3) is 0.250. The molecule has 0 aliphatic carbocycles. The van der Waals surface area contributed by atoms with Gasteiger partial charge in [0.2, 0.25) is 0 Å². The average Bonchev–Trinajstić information content (AvgIpc) is 2.73. The van der Waals surface area contributed by atoms with Crippen LogP contribution in [-0.2, 0) is 4.74 Å². The van der Waals surface area contributed by atoms with Crippen LogP contribution in [0, 0.1) is 6.92 Å². The number of aryl methyl sites for hydroxylation is 1. The lowest BCUT2D eigenvalue weighted by Crippen LogP contribution is -2.03. The zero-order chi connectivity index (χ0) is 12.3. The highest BCUT2D eigenvalue weighted by molar-refractivity contribution is 7.14. The van der Waals surface area contributed by atoms with E-state index >= 15 is 0 Å². The predicted molar refractivity (Wildman–Crippen MR) is 66.0 cm³/mol. The largest absolute Gasteiger partial charge is 0.462 e. The molecule has 0 fully saturated rings. The number of thiazole rings is 1. The minimum Gasteiger partial charge on any atom is -0.462 e. The molecule has 0 spiro atoms. The van der Waals surface area contributed by atoms with Crippen molar-refractivity contribution in [3.05, 3.63) is 34.4 Å². The second-order valence-corrected chi connectivity index (χ2v) is 4.57. The summed E-state index contributed by atoms with van der Waals surface area (Å²) in [5.41, 5.74) is 1.56. The van der Waals surface area contributed by atoms with Gasteiger partial charge in [0.1, 0.15) is 4.88 Å². The van der Waals surface area contributed by atoms with Gasteiger partial charge in [-0.3, -0.25) is 4.98 Å². The molecule has 17 heavy (non-hydrogen) atoms. The molecule has 0 saturated heterocycles. The minimum absolute atomic E-state index is 0.315. The summed E-state index contributed by atoms with van der Waals surface area (Å²) >= 11 is 1.35. The zero-order valence-electron chi connectivity index (χ0n) is 9.64. The van der Waals surface area contributed by atoms with Gasteiger partial charge in [-0.05, 0) is 26.0 Å². The maximum absolute atomic E-state index is 11.8. The highest BCUT2D eigenvalue weighted by Gasteiger charge is 2.18. The molecule has 2 aromatic rings. The van der Waals surface area contributed by atoms with Gasteiger partial charge in [-0.1, -0.05) is 0 Å². The summed E-state index contributed by atoms with van der Waals surface area (Å²) in [5, 5.41) is 0.847. The van der Waals surface area contributed by atoms with Gasteiger partial charge >= 0.3 is 5.97 Å². The maximum Gasteiger partial charge on any atom is 0.350 e. The zero-order valence-corrected chi connectivity index (χ0v) is 10.5. The van der Waals surface area contributed by atoms with Gasteiger partial charge in [-0.25, -0.2) is 9.78 Å². The fourth-order valence-electron chi connectivity index (χ4n) is 1.47. The molecule has 0 aliphatic rings. The Morgan fingerprint density at radius 3 is 2.76 bits per heavy atom. The number of hydrogen-bond acceptors (Lipinski definition) is 5. The molecule has 88 valence electrons. The Balaban J connectivity index is 2.44. The van der Waals surface area contributed by atoms with Crippen molar-refractivity contribution in [2.75, 3.05) is 6.61 Å². The van der Waals surface area contributed by atoms with Crippen molar-refractivity contribution in [1.82, 2.24) is 9.97 Å². The van der Waals surface area contributed by atoms with E-state index in [9.17, 15) is 4.79 Å². The summed E-state index contributed by atoms with van der Waals surface area (Å²) in [7, 11) is 0. The third kappa shape index (κ3) is 2.50. The molecule has 0 N–H and O–H groups in total. The van der Waals surface area contributed by atoms with E-state index in [1.807, 2.05) is 19.1 Å². The van der Waals surface area contributed by atoms with Crippen molar-refractivity contribution < 1.29 is 9.53 Å². The third-order valence-corrected chi connectivity index (χ3v) is 3.10. The van der Waals surface area contributed by atoms with Crippen LogP contribution < -0.4 is 0 Å². The lowest BCUT2D eigenvalue weighted by molar-refractivity contribution is 0.0532.